The van der Waals surface area contributed by atoms with Crippen LogP contribution in [-0.2, 0) is 0 Å². The lowest BCUT2D eigenvalue weighted by molar-refractivity contribution is 0.0745. The van der Waals surface area contributed by atoms with E-state index in [1.54, 1.807) is 15.5 Å². The molecule has 0 atom stereocenters. The first-order valence-corrected chi connectivity index (χ1v) is 9.88. The first-order chi connectivity index (χ1) is 13.7. The summed E-state index contributed by atoms with van der Waals surface area (Å²) in [5.41, 5.74) is -0.331. The Morgan fingerprint density at radius 2 is 1.55 bits per heavy atom. The lowest BCUT2D eigenvalue weighted by Gasteiger charge is -2.37. The SMILES string of the molecule is CC(C)n1c(N2CCN(C(=O)c3cccc(F)c3)CC2)cc(=O)n(C(C)C)c1=O. The van der Waals surface area contributed by atoms with Crippen LogP contribution in [0.25, 0.3) is 0 Å². The topological polar surface area (TPSA) is 67.5 Å². The van der Waals surface area contributed by atoms with Crippen molar-refractivity contribution in [1.29, 1.82) is 0 Å². The third-order valence-corrected chi connectivity index (χ3v) is 5.14. The molecule has 0 saturated carbocycles. The second-order valence-electron chi connectivity index (χ2n) is 7.84. The molecule has 8 heteroatoms. The summed E-state index contributed by atoms with van der Waals surface area (Å²) in [6.45, 7) is 9.25. The molecular weight excluding hydrogens is 375 g/mol. The van der Waals surface area contributed by atoms with Crippen LogP contribution in [0.5, 0.6) is 0 Å². The van der Waals surface area contributed by atoms with E-state index in [-0.39, 0.29) is 29.2 Å². The van der Waals surface area contributed by atoms with Crippen LogP contribution in [0.3, 0.4) is 0 Å². The average Bonchev–Trinajstić information content (AvgIpc) is 2.66. The highest BCUT2D eigenvalue weighted by molar-refractivity contribution is 5.94. The van der Waals surface area contributed by atoms with Crippen molar-refractivity contribution in [3.05, 3.63) is 62.6 Å². The van der Waals surface area contributed by atoms with Crippen molar-refractivity contribution in [1.82, 2.24) is 14.0 Å². The molecular formula is C21H27FN4O3. The zero-order valence-electron chi connectivity index (χ0n) is 17.3. The molecule has 3 rings (SSSR count). The summed E-state index contributed by atoms with van der Waals surface area (Å²) in [6, 6.07) is 6.82. The fourth-order valence-electron chi connectivity index (χ4n) is 3.71. The number of benzene rings is 1. The summed E-state index contributed by atoms with van der Waals surface area (Å²) in [5.74, 6) is -0.0912. The number of nitrogens with zero attached hydrogens (tertiary/aromatic N) is 4. The third kappa shape index (κ3) is 4.11. The number of hydrogen-bond acceptors (Lipinski definition) is 4. The summed E-state index contributed by atoms with van der Waals surface area (Å²) in [4.78, 5) is 41.7. The van der Waals surface area contributed by atoms with Crippen LogP contribution < -0.4 is 16.1 Å². The number of carbonyl (C=O) groups excluding carboxylic acids is 1. The highest BCUT2D eigenvalue weighted by atomic mass is 19.1. The van der Waals surface area contributed by atoms with Gasteiger partial charge in [0.25, 0.3) is 11.5 Å². The van der Waals surface area contributed by atoms with Crippen molar-refractivity contribution < 1.29 is 9.18 Å². The molecule has 0 radical (unpaired) electrons. The minimum Gasteiger partial charge on any atom is -0.354 e. The van der Waals surface area contributed by atoms with Gasteiger partial charge in [-0.25, -0.2) is 9.18 Å². The molecule has 1 fully saturated rings. The number of anilines is 1. The van der Waals surface area contributed by atoms with Crippen LogP contribution >= 0.6 is 0 Å². The smallest absolute Gasteiger partial charge is 0.333 e. The normalized spacial score (nSPS) is 14.7. The second kappa shape index (κ2) is 8.23. The van der Waals surface area contributed by atoms with Crippen LogP contribution in [0.15, 0.2) is 39.9 Å². The van der Waals surface area contributed by atoms with Gasteiger partial charge in [-0.05, 0) is 45.9 Å². The zero-order chi connectivity index (χ0) is 21.3. The molecule has 0 bridgehead atoms. The molecule has 2 heterocycles. The Morgan fingerprint density at radius 1 is 0.931 bits per heavy atom. The van der Waals surface area contributed by atoms with Crippen molar-refractivity contribution in [3.63, 3.8) is 0 Å². The Morgan fingerprint density at radius 3 is 2.10 bits per heavy atom. The van der Waals surface area contributed by atoms with Crippen LogP contribution in [0.1, 0.15) is 50.1 Å². The first-order valence-electron chi connectivity index (χ1n) is 9.88. The number of halogens is 1. The van der Waals surface area contributed by atoms with E-state index >= 15 is 0 Å². The highest BCUT2D eigenvalue weighted by Crippen LogP contribution is 2.19. The van der Waals surface area contributed by atoms with E-state index in [1.165, 1.54) is 28.8 Å². The molecule has 1 saturated heterocycles. The van der Waals surface area contributed by atoms with Gasteiger partial charge in [-0.3, -0.25) is 18.7 Å². The average molecular weight is 402 g/mol. The van der Waals surface area contributed by atoms with Gasteiger partial charge in [0.05, 0.1) is 0 Å². The number of rotatable bonds is 4. The fourth-order valence-corrected chi connectivity index (χ4v) is 3.71. The van der Waals surface area contributed by atoms with Crippen LogP contribution in [0.2, 0.25) is 0 Å². The Labute approximate surface area is 169 Å². The molecule has 0 unspecified atom stereocenters. The van der Waals surface area contributed by atoms with E-state index in [0.29, 0.717) is 37.6 Å². The van der Waals surface area contributed by atoms with Crippen molar-refractivity contribution in [2.75, 3.05) is 31.1 Å². The van der Waals surface area contributed by atoms with E-state index in [9.17, 15) is 18.8 Å². The number of piperazine rings is 1. The second-order valence-corrected chi connectivity index (χ2v) is 7.84. The molecule has 1 aliphatic heterocycles. The monoisotopic (exact) mass is 402 g/mol. The molecule has 1 amide bonds. The summed E-state index contributed by atoms with van der Waals surface area (Å²) in [5, 5.41) is 0. The first kappa shape index (κ1) is 20.8. The predicted molar refractivity (Wildman–Crippen MR) is 110 cm³/mol. The van der Waals surface area contributed by atoms with Gasteiger partial charge in [0.15, 0.2) is 0 Å². The molecule has 29 heavy (non-hydrogen) atoms. The predicted octanol–water partition coefficient (Wildman–Crippen LogP) is 2.27. The number of hydrogen-bond donors (Lipinski definition) is 0. The zero-order valence-corrected chi connectivity index (χ0v) is 17.3. The molecule has 156 valence electrons. The minimum absolute atomic E-state index is 0.116. The Bertz CT molecular complexity index is 1020. The largest absolute Gasteiger partial charge is 0.354 e. The minimum atomic E-state index is -0.443. The van der Waals surface area contributed by atoms with Gasteiger partial charge in [0.1, 0.15) is 11.6 Å². The van der Waals surface area contributed by atoms with Gasteiger partial charge in [0, 0.05) is 49.9 Å². The Balaban J connectivity index is 1.85. The van der Waals surface area contributed by atoms with Gasteiger partial charge < -0.3 is 9.80 Å². The number of amides is 1. The fraction of sp³-hybridized carbons (Fsp3) is 0.476. The molecule has 0 spiro atoms. The molecule has 7 nitrogen and oxygen atoms in total. The Hall–Kier alpha value is -2.90. The van der Waals surface area contributed by atoms with Crippen molar-refractivity contribution in [3.8, 4) is 0 Å². The summed E-state index contributed by atoms with van der Waals surface area (Å²) in [6.07, 6.45) is 0. The van der Waals surface area contributed by atoms with E-state index < -0.39 is 5.82 Å². The number of carbonyl (C=O) groups is 1. The van der Waals surface area contributed by atoms with E-state index in [1.807, 2.05) is 32.6 Å². The van der Waals surface area contributed by atoms with Crippen LogP contribution in [-0.4, -0.2) is 46.1 Å². The van der Waals surface area contributed by atoms with Crippen molar-refractivity contribution in [2.45, 2.75) is 39.8 Å². The standard InChI is InChI=1S/C21H27FN4O3/c1-14(2)25-18(13-19(27)26(15(3)4)21(25)29)23-8-10-24(11-9-23)20(28)16-6-5-7-17(22)12-16/h5-7,12-15H,8-11H2,1-4H3. The molecule has 1 aliphatic rings. The van der Waals surface area contributed by atoms with E-state index in [2.05, 4.69) is 0 Å². The van der Waals surface area contributed by atoms with Crippen LogP contribution in [0.4, 0.5) is 10.2 Å². The van der Waals surface area contributed by atoms with Crippen LogP contribution in [0, 0.1) is 5.82 Å². The Kier molecular flexibility index (Phi) is 5.91. The molecule has 0 aliphatic carbocycles. The highest BCUT2D eigenvalue weighted by Gasteiger charge is 2.26. The molecule has 1 aromatic heterocycles. The van der Waals surface area contributed by atoms with Crippen molar-refractivity contribution in [2.24, 2.45) is 0 Å². The molecule has 1 aromatic carbocycles. The molecule has 0 N–H and O–H groups in total. The van der Waals surface area contributed by atoms with Gasteiger partial charge >= 0.3 is 5.69 Å². The van der Waals surface area contributed by atoms with Gasteiger partial charge in [0.2, 0.25) is 0 Å². The van der Waals surface area contributed by atoms with Gasteiger partial charge in [-0.1, -0.05) is 6.07 Å². The maximum Gasteiger partial charge on any atom is 0.333 e. The summed E-state index contributed by atoms with van der Waals surface area (Å²) in [7, 11) is 0. The van der Waals surface area contributed by atoms with Crippen molar-refractivity contribution >= 4 is 11.7 Å². The summed E-state index contributed by atoms with van der Waals surface area (Å²) < 4.78 is 16.3. The van der Waals surface area contributed by atoms with Gasteiger partial charge in [-0.2, -0.15) is 0 Å². The molecule has 2 aromatic rings. The maximum absolute atomic E-state index is 13.4. The quantitative estimate of drug-likeness (QED) is 0.787. The van der Waals surface area contributed by atoms with E-state index in [0.717, 1.165) is 0 Å². The lowest BCUT2D eigenvalue weighted by Crippen LogP contribution is -2.51. The van der Waals surface area contributed by atoms with E-state index in [4.69, 9.17) is 0 Å². The van der Waals surface area contributed by atoms with Gasteiger partial charge in [-0.15, -0.1) is 0 Å². The maximum atomic E-state index is 13.4. The third-order valence-electron chi connectivity index (χ3n) is 5.14. The lowest BCUT2D eigenvalue weighted by atomic mass is 10.1. The summed E-state index contributed by atoms with van der Waals surface area (Å²) >= 11 is 0. The number of aromatic nitrogens is 2.